The predicted octanol–water partition coefficient (Wildman–Crippen LogP) is -0.189. The lowest BCUT2D eigenvalue weighted by molar-refractivity contribution is -0.251. The monoisotopic (exact) mass is 238 g/mol. The first-order chi connectivity index (χ1) is 7.63. The molecule has 0 rings (SSSR count). The van der Waals surface area contributed by atoms with Gasteiger partial charge in [-0.2, -0.15) is 0 Å². The molecule has 0 aromatic rings. The summed E-state index contributed by atoms with van der Waals surface area (Å²) in [7, 11) is 0. The van der Waals surface area contributed by atoms with Gasteiger partial charge in [-0.1, -0.05) is 0 Å². The van der Waals surface area contributed by atoms with Gasteiger partial charge in [0.1, 0.15) is 0 Å². The molecule has 0 aliphatic carbocycles. The van der Waals surface area contributed by atoms with E-state index in [1.165, 1.54) is 0 Å². The third-order valence-electron chi connectivity index (χ3n) is 1.79. The van der Waals surface area contributed by atoms with Gasteiger partial charge in [-0.25, -0.2) is 0 Å². The van der Waals surface area contributed by atoms with Gasteiger partial charge in [-0.05, 0) is 13.8 Å². The summed E-state index contributed by atoms with van der Waals surface area (Å²) in [5.74, 6) is 0. The van der Waals surface area contributed by atoms with E-state index in [4.69, 9.17) is 19.3 Å². The van der Waals surface area contributed by atoms with Crippen LogP contribution >= 0.6 is 0 Å². The molecule has 0 saturated carbocycles. The Hall–Kier alpha value is -0.240. The van der Waals surface area contributed by atoms with Crippen LogP contribution in [0.15, 0.2) is 0 Å². The molecular formula is C10H22O6. The molecule has 0 fully saturated rings. The van der Waals surface area contributed by atoms with Crippen LogP contribution < -0.4 is 0 Å². The van der Waals surface area contributed by atoms with Crippen molar-refractivity contribution < 1.29 is 29.5 Å². The van der Waals surface area contributed by atoms with Crippen LogP contribution in [0.5, 0.6) is 0 Å². The molecule has 0 radical (unpaired) electrons. The van der Waals surface area contributed by atoms with Crippen molar-refractivity contribution in [1.29, 1.82) is 0 Å². The standard InChI is InChI=1S/C10H22O6/c1-3-14-8(12)7-9(13)16-10(5-6-11)15-4-2/h8-13H,3-7H2,1-2H3. The normalized spacial score (nSPS) is 17.1. The molecule has 0 bridgehead atoms. The Kier molecular flexibility index (Phi) is 9.80. The number of aliphatic hydroxyl groups is 3. The largest absolute Gasteiger partial charge is 0.396 e. The van der Waals surface area contributed by atoms with Crippen molar-refractivity contribution in [3.63, 3.8) is 0 Å². The van der Waals surface area contributed by atoms with Gasteiger partial charge in [0, 0.05) is 32.7 Å². The first-order valence-electron chi connectivity index (χ1n) is 5.49. The number of hydrogen-bond donors (Lipinski definition) is 3. The Balaban J connectivity index is 3.83. The number of hydrogen-bond acceptors (Lipinski definition) is 6. The summed E-state index contributed by atoms with van der Waals surface area (Å²) in [4.78, 5) is 0. The van der Waals surface area contributed by atoms with Crippen molar-refractivity contribution in [2.45, 2.75) is 45.6 Å². The Morgan fingerprint density at radius 2 is 1.62 bits per heavy atom. The fourth-order valence-corrected chi connectivity index (χ4v) is 1.15. The van der Waals surface area contributed by atoms with Crippen LogP contribution in [0.3, 0.4) is 0 Å². The summed E-state index contributed by atoms with van der Waals surface area (Å²) in [6.45, 7) is 4.22. The maximum Gasteiger partial charge on any atom is 0.162 e. The smallest absolute Gasteiger partial charge is 0.162 e. The van der Waals surface area contributed by atoms with E-state index in [1.807, 2.05) is 0 Å². The molecule has 0 heterocycles. The first kappa shape index (κ1) is 15.8. The Morgan fingerprint density at radius 1 is 1.00 bits per heavy atom. The van der Waals surface area contributed by atoms with Crippen LogP contribution in [0, 0.1) is 0 Å². The molecule has 16 heavy (non-hydrogen) atoms. The second-order valence-electron chi connectivity index (χ2n) is 3.13. The molecule has 3 N–H and O–H groups in total. The number of aliphatic hydroxyl groups excluding tert-OH is 3. The fourth-order valence-electron chi connectivity index (χ4n) is 1.15. The molecule has 0 aliphatic rings. The Morgan fingerprint density at radius 3 is 2.12 bits per heavy atom. The van der Waals surface area contributed by atoms with E-state index in [1.54, 1.807) is 13.8 Å². The van der Waals surface area contributed by atoms with Gasteiger partial charge in [0.05, 0.1) is 0 Å². The quantitative estimate of drug-likeness (QED) is 0.457. The molecule has 0 spiro atoms. The molecule has 0 aromatic heterocycles. The first-order valence-corrected chi connectivity index (χ1v) is 5.49. The number of ether oxygens (including phenoxy) is 3. The minimum Gasteiger partial charge on any atom is -0.396 e. The minimum absolute atomic E-state index is 0.0527. The zero-order valence-electron chi connectivity index (χ0n) is 9.83. The van der Waals surface area contributed by atoms with Crippen molar-refractivity contribution in [2.75, 3.05) is 19.8 Å². The topological polar surface area (TPSA) is 88.4 Å². The van der Waals surface area contributed by atoms with Crippen molar-refractivity contribution in [3.05, 3.63) is 0 Å². The van der Waals surface area contributed by atoms with Gasteiger partial charge in [-0.3, -0.25) is 0 Å². The summed E-state index contributed by atoms with van der Waals surface area (Å²) >= 11 is 0. The molecule has 6 nitrogen and oxygen atoms in total. The molecule has 0 saturated heterocycles. The van der Waals surface area contributed by atoms with Crippen LogP contribution in [0.4, 0.5) is 0 Å². The summed E-state index contributed by atoms with van der Waals surface area (Å²) < 4.78 is 15.1. The lowest BCUT2D eigenvalue weighted by Crippen LogP contribution is -2.29. The minimum atomic E-state index is -1.18. The van der Waals surface area contributed by atoms with Gasteiger partial charge >= 0.3 is 0 Å². The van der Waals surface area contributed by atoms with E-state index >= 15 is 0 Å². The second-order valence-corrected chi connectivity index (χ2v) is 3.13. The van der Waals surface area contributed by atoms with Gasteiger partial charge in [0.2, 0.25) is 0 Å². The average Bonchev–Trinajstić information content (AvgIpc) is 2.18. The van der Waals surface area contributed by atoms with Crippen molar-refractivity contribution in [1.82, 2.24) is 0 Å². The summed E-state index contributed by atoms with van der Waals surface area (Å²) in [6.07, 6.45) is -2.68. The summed E-state index contributed by atoms with van der Waals surface area (Å²) in [5.41, 5.74) is 0. The molecule has 0 aliphatic heterocycles. The van der Waals surface area contributed by atoms with Gasteiger partial charge in [0.15, 0.2) is 18.9 Å². The maximum atomic E-state index is 9.45. The summed E-state index contributed by atoms with van der Waals surface area (Å²) in [6, 6.07) is 0. The van der Waals surface area contributed by atoms with Crippen LogP contribution in [0.25, 0.3) is 0 Å². The molecule has 98 valence electrons. The highest BCUT2D eigenvalue weighted by atomic mass is 16.7. The highest BCUT2D eigenvalue weighted by molar-refractivity contribution is 4.50. The third-order valence-corrected chi connectivity index (χ3v) is 1.79. The lowest BCUT2D eigenvalue weighted by atomic mass is 10.4. The SMILES string of the molecule is CCOC(O)CC(O)OC(CCO)OCC. The third kappa shape index (κ3) is 7.98. The number of rotatable bonds is 10. The zero-order valence-corrected chi connectivity index (χ0v) is 9.83. The van der Waals surface area contributed by atoms with Crippen molar-refractivity contribution >= 4 is 0 Å². The molecule has 0 aromatic carbocycles. The fraction of sp³-hybridized carbons (Fsp3) is 1.00. The maximum absolute atomic E-state index is 9.45. The van der Waals surface area contributed by atoms with Crippen molar-refractivity contribution in [3.8, 4) is 0 Å². The van der Waals surface area contributed by atoms with Crippen LogP contribution in [-0.4, -0.2) is 54.0 Å². The average molecular weight is 238 g/mol. The predicted molar refractivity (Wildman–Crippen MR) is 56.5 cm³/mol. The van der Waals surface area contributed by atoms with Gasteiger partial charge in [0.25, 0.3) is 0 Å². The van der Waals surface area contributed by atoms with Crippen LogP contribution in [-0.2, 0) is 14.2 Å². The van der Waals surface area contributed by atoms with E-state index in [-0.39, 0.29) is 19.4 Å². The van der Waals surface area contributed by atoms with E-state index in [0.29, 0.717) is 13.2 Å². The van der Waals surface area contributed by atoms with Gasteiger partial charge in [-0.15, -0.1) is 0 Å². The molecule has 3 unspecified atom stereocenters. The van der Waals surface area contributed by atoms with E-state index in [0.717, 1.165) is 0 Å². The van der Waals surface area contributed by atoms with E-state index < -0.39 is 18.9 Å². The van der Waals surface area contributed by atoms with Gasteiger partial charge < -0.3 is 29.5 Å². The highest BCUT2D eigenvalue weighted by Gasteiger charge is 2.17. The Labute approximate surface area is 95.7 Å². The van der Waals surface area contributed by atoms with Crippen LogP contribution in [0.1, 0.15) is 26.7 Å². The highest BCUT2D eigenvalue weighted by Crippen LogP contribution is 2.08. The Bertz CT molecular complexity index is 148. The van der Waals surface area contributed by atoms with E-state index in [2.05, 4.69) is 0 Å². The molecule has 6 heteroatoms. The summed E-state index contributed by atoms with van der Waals surface area (Å²) in [5, 5.41) is 27.4. The zero-order chi connectivity index (χ0) is 12.4. The molecular weight excluding hydrogens is 216 g/mol. The second kappa shape index (κ2) is 9.95. The lowest BCUT2D eigenvalue weighted by Gasteiger charge is -2.22. The van der Waals surface area contributed by atoms with Crippen LogP contribution in [0.2, 0.25) is 0 Å². The van der Waals surface area contributed by atoms with Crippen molar-refractivity contribution in [2.24, 2.45) is 0 Å². The molecule has 0 amide bonds. The molecule has 3 atom stereocenters. The van der Waals surface area contributed by atoms with E-state index in [9.17, 15) is 10.2 Å².